The zero-order valence-electron chi connectivity index (χ0n) is 9.75. The van der Waals surface area contributed by atoms with Gasteiger partial charge in [0.05, 0.1) is 63.7 Å². The van der Waals surface area contributed by atoms with Crippen LogP contribution in [0.4, 0.5) is 0 Å². The lowest BCUT2D eigenvalue weighted by atomic mass is 9.91. The van der Waals surface area contributed by atoms with Crippen molar-refractivity contribution in [2.75, 3.05) is 52.9 Å². The highest BCUT2D eigenvalue weighted by atomic mass is 28.1. The third-order valence-corrected chi connectivity index (χ3v) is 2.83. The first kappa shape index (κ1) is 20.3. The van der Waals surface area contributed by atoms with Crippen LogP contribution in [0.1, 0.15) is 0 Å². The van der Waals surface area contributed by atoms with Crippen molar-refractivity contribution in [3.63, 3.8) is 0 Å². The summed E-state index contributed by atoms with van der Waals surface area (Å²) < 4.78 is 5.15. The van der Waals surface area contributed by atoms with Crippen molar-refractivity contribution >= 4 is 11.0 Å². The van der Waals surface area contributed by atoms with Crippen LogP contribution in [0.5, 0.6) is 0 Å². The Bertz CT molecular complexity index is 158. The van der Waals surface area contributed by atoms with E-state index in [0.717, 1.165) is 0 Å². The van der Waals surface area contributed by atoms with Crippen molar-refractivity contribution < 1.29 is 35.4 Å². The standard InChI is InChI=1S/C10H22O7.H4Si/c11-1-9(2-12,3-13)7-17-8-10(4-14,5-15)6-16;/h11-16H,1-8H2;1H4. The molecule has 0 rings (SSSR count). The average Bonchev–Trinajstić information content (AvgIpc) is 2.41. The smallest absolute Gasteiger partial charge is 0.0629 e. The summed E-state index contributed by atoms with van der Waals surface area (Å²) in [6.07, 6.45) is 0. The predicted octanol–water partition coefficient (Wildman–Crippen LogP) is -4.52. The SMILES string of the molecule is OCC(CO)(CO)COCC(CO)(CO)CO.[SiH4]. The van der Waals surface area contributed by atoms with Gasteiger partial charge in [-0.3, -0.25) is 0 Å². The minimum Gasteiger partial charge on any atom is -0.396 e. The molecule has 112 valence electrons. The van der Waals surface area contributed by atoms with E-state index in [0.29, 0.717) is 0 Å². The molecule has 0 aliphatic heterocycles. The molecule has 6 N–H and O–H groups in total. The molecular weight excluding hydrogens is 260 g/mol. The Morgan fingerprint density at radius 3 is 0.944 bits per heavy atom. The number of rotatable bonds is 10. The van der Waals surface area contributed by atoms with Crippen molar-refractivity contribution in [2.24, 2.45) is 10.8 Å². The Morgan fingerprint density at radius 2 is 0.778 bits per heavy atom. The molecule has 0 fully saturated rings. The average molecular weight is 286 g/mol. The van der Waals surface area contributed by atoms with Gasteiger partial charge in [-0.25, -0.2) is 0 Å². The molecule has 0 atom stereocenters. The van der Waals surface area contributed by atoms with Gasteiger partial charge in [-0.2, -0.15) is 0 Å². The summed E-state index contributed by atoms with van der Waals surface area (Å²) in [6, 6.07) is 0. The topological polar surface area (TPSA) is 131 Å². The van der Waals surface area contributed by atoms with Crippen LogP contribution in [0.2, 0.25) is 0 Å². The molecule has 0 aliphatic carbocycles. The van der Waals surface area contributed by atoms with Gasteiger partial charge in [-0.05, 0) is 11.0 Å². The van der Waals surface area contributed by atoms with Gasteiger partial charge in [0.15, 0.2) is 0 Å². The molecule has 18 heavy (non-hydrogen) atoms. The fourth-order valence-corrected chi connectivity index (χ4v) is 1.06. The fourth-order valence-electron chi connectivity index (χ4n) is 1.06. The van der Waals surface area contributed by atoms with Crippen LogP contribution in [0.3, 0.4) is 0 Å². The molecule has 0 amide bonds. The van der Waals surface area contributed by atoms with Crippen LogP contribution < -0.4 is 0 Å². The van der Waals surface area contributed by atoms with Gasteiger partial charge in [-0.15, -0.1) is 0 Å². The zero-order valence-corrected chi connectivity index (χ0v) is 9.75. The highest BCUT2D eigenvalue weighted by molar-refractivity contribution is 5.75. The third-order valence-electron chi connectivity index (χ3n) is 2.83. The predicted molar refractivity (Wildman–Crippen MR) is 69.5 cm³/mol. The summed E-state index contributed by atoms with van der Waals surface area (Å²) in [4.78, 5) is 0. The highest BCUT2D eigenvalue weighted by Crippen LogP contribution is 2.19. The summed E-state index contributed by atoms with van der Waals surface area (Å²) in [7, 11) is 0. The van der Waals surface area contributed by atoms with Crippen LogP contribution in [0.25, 0.3) is 0 Å². The summed E-state index contributed by atoms with van der Waals surface area (Å²) >= 11 is 0. The van der Waals surface area contributed by atoms with Gasteiger partial charge in [-0.1, -0.05) is 0 Å². The van der Waals surface area contributed by atoms with E-state index in [2.05, 4.69) is 0 Å². The molecule has 0 spiro atoms. The maximum Gasteiger partial charge on any atom is 0.0629 e. The summed E-state index contributed by atoms with van der Waals surface area (Å²) in [6.45, 7) is -3.01. The van der Waals surface area contributed by atoms with Gasteiger partial charge in [0.1, 0.15) is 0 Å². The lowest BCUT2D eigenvalue weighted by Crippen LogP contribution is -2.43. The molecular formula is C10H26O7Si. The third kappa shape index (κ3) is 5.29. The van der Waals surface area contributed by atoms with E-state index in [-0.39, 0.29) is 24.2 Å². The molecule has 0 aromatic heterocycles. The Balaban J connectivity index is 0. The van der Waals surface area contributed by atoms with E-state index >= 15 is 0 Å². The van der Waals surface area contributed by atoms with Crippen LogP contribution in [-0.4, -0.2) is 94.5 Å². The van der Waals surface area contributed by atoms with Gasteiger partial charge in [0, 0.05) is 0 Å². The number of aliphatic hydroxyl groups excluding tert-OH is 6. The molecule has 0 bridgehead atoms. The quantitative estimate of drug-likeness (QED) is 0.223. The molecule has 0 radical (unpaired) electrons. The zero-order chi connectivity index (χ0) is 13.4. The van der Waals surface area contributed by atoms with Crippen molar-refractivity contribution in [2.45, 2.75) is 0 Å². The van der Waals surface area contributed by atoms with Crippen molar-refractivity contribution in [3.05, 3.63) is 0 Å². The first-order valence-corrected chi connectivity index (χ1v) is 5.30. The lowest BCUT2D eigenvalue weighted by molar-refractivity contribution is -0.103. The molecule has 8 heteroatoms. The summed E-state index contributed by atoms with van der Waals surface area (Å²) in [5.41, 5.74) is -2.32. The second-order valence-electron chi connectivity index (χ2n) is 4.44. The molecule has 0 saturated carbocycles. The van der Waals surface area contributed by atoms with Crippen LogP contribution >= 0.6 is 0 Å². The normalized spacial score (nSPS) is 12.3. The Hall–Kier alpha value is -0.0631. The molecule has 7 nitrogen and oxygen atoms in total. The van der Waals surface area contributed by atoms with E-state index in [1.165, 1.54) is 0 Å². The number of hydrogen-bond acceptors (Lipinski definition) is 7. The second kappa shape index (κ2) is 9.81. The van der Waals surface area contributed by atoms with Gasteiger partial charge in [0.25, 0.3) is 0 Å². The summed E-state index contributed by atoms with van der Waals surface area (Å²) in [5.74, 6) is 0. The van der Waals surface area contributed by atoms with Crippen molar-refractivity contribution in [1.82, 2.24) is 0 Å². The van der Waals surface area contributed by atoms with E-state index in [1.54, 1.807) is 0 Å². The van der Waals surface area contributed by atoms with Crippen molar-refractivity contribution in [1.29, 1.82) is 0 Å². The Morgan fingerprint density at radius 1 is 0.556 bits per heavy atom. The Kier molecular flexibility index (Phi) is 11.0. The lowest BCUT2D eigenvalue weighted by Gasteiger charge is -2.31. The van der Waals surface area contributed by atoms with Crippen molar-refractivity contribution in [3.8, 4) is 0 Å². The maximum absolute atomic E-state index is 9.03. The minimum absolute atomic E-state index is 0. The number of hydrogen-bond donors (Lipinski definition) is 6. The first-order chi connectivity index (χ1) is 8.07. The highest BCUT2D eigenvalue weighted by Gasteiger charge is 2.32. The largest absolute Gasteiger partial charge is 0.396 e. The molecule has 0 heterocycles. The van der Waals surface area contributed by atoms with E-state index < -0.39 is 50.5 Å². The maximum atomic E-state index is 9.03. The van der Waals surface area contributed by atoms with E-state index in [1.807, 2.05) is 0 Å². The van der Waals surface area contributed by atoms with Crippen LogP contribution in [0, 0.1) is 10.8 Å². The minimum atomic E-state index is -1.16. The molecule has 0 aromatic rings. The van der Waals surface area contributed by atoms with Gasteiger partial charge in [0.2, 0.25) is 0 Å². The number of aliphatic hydroxyl groups is 6. The van der Waals surface area contributed by atoms with E-state index in [9.17, 15) is 0 Å². The molecule has 0 aromatic carbocycles. The van der Waals surface area contributed by atoms with Gasteiger partial charge >= 0.3 is 0 Å². The van der Waals surface area contributed by atoms with Gasteiger partial charge < -0.3 is 35.4 Å². The van der Waals surface area contributed by atoms with Crippen LogP contribution in [-0.2, 0) is 4.74 Å². The molecule has 0 aliphatic rings. The van der Waals surface area contributed by atoms with E-state index in [4.69, 9.17) is 35.4 Å². The fraction of sp³-hybridized carbons (Fsp3) is 1.00. The summed E-state index contributed by atoms with van der Waals surface area (Å²) in [5, 5.41) is 54.2. The second-order valence-corrected chi connectivity index (χ2v) is 4.44. The van der Waals surface area contributed by atoms with Crippen LogP contribution in [0.15, 0.2) is 0 Å². The molecule has 0 saturated heterocycles. The number of ether oxygens (including phenoxy) is 1. The first-order valence-electron chi connectivity index (χ1n) is 5.30. The Labute approximate surface area is 111 Å². The monoisotopic (exact) mass is 286 g/mol. The molecule has 0 unspecified atom stereocenters.